The molecule has 0 unspecified atom stereocenters. The number of ether oxygens (including phenoxy) is 1. The molecule has 1 heterocycles. The molecule has 1 aliphatic carbocycles. The zero-order chi connectivity index (χ0) is 12.7. The number of nitrogens with zero attached hydrogens (tertiary/aromatic N) is 1. The third kappa shape index (κ3) is 1.67. The van der Waals surface area contributed by atoms with Gasteiger partial charge < -0.3 is 10.5 Å². The molecule has 0 radical (unpaired) electrons. The fourth-order valence-corrected chi connectivity index (χ4v) is 3.09. The summed E-state index contributed by atoms with van der Waals surface area (Å²) in [6.07, 6.45) is 4.45. The summed E-state index contributed by atoms with van der Waals surface area (Å²) in [5, 5.41) is 0.938. The van der Waals surface area contributed by atoms with Crippen molar-refractivity contribution in [2.45, 2.75) is 25.7 Å². The monoisotopic (exact) mass is 306 g/mol. The van der Waals surface area contributed by atoms with Crippen LogP contribution in [0.15, 0.2) is 16.6 Å². The molecular weight excluding hydrogens is 292 g/mol. The maximum atomic E-state index is 6.34. The quantitative estimate of drug-likeness (QED) is 0.877. The van der Waals surface area contributed by atoms with Crippen molar-refractivity contribution in [2.24, 2.45) is 0 Å². The molecule has 0 bridgehead atoms. The average Bonchev–Trinajstić information content (AvgIpc) is 2.40. The Hall–Kier alpha value is -1.29. The molecule has 1 aromatic carbocycles. The number of nitrogens with two attached hydrogens (primary N) is 1. The third-order valence-electron chi connectivity index (χ3n) is 3.59. The lowest BCUT2D eigenvalue weighted by molar-refractivity contribution is 0.419. The maximum absolute atomic E-state index is 6.34. The molecule has 0 saturated heterocycles. The van der Waals surface area contributed by atoms with Crippen LogP contribution >= 0.6 is 15.9 Å². The van der Waals surface area contributed by atoms with Gasteiger partial charge in [0.25, 0.3) is 0 Å². The molecule has 2 N–H and O–H groups in total. The van der Waals surface area contributed by atoms with Crippen LogP contribution in [0.25, 0.3) is 10.9 Å². The van der Waals surface area contributed by atoms with Crippen LogP contribution < -0.4 is 10.5 Å². The van der Waals surface area contributed by atoms with E-state index in [-0.39, 0.29) is 0 Å². The van der Waals surface area contributed by atoms with Crippen LogP contribution in [0.5, 0.6) is 5.75 Å². The number of halogens is 1. The molecule has 94 valence electrons. The second kappa shape index (κ2) is 4.43. The highest BCUT2D eigenvalue weighted by Crippen LogP contribution is 2.39. The molecule has 0 atom stereocenters. The van der Waals surface area contributed by atoms with E-state index in [0.29, 0.717) is 0 Å². The summed E-state index contributed by atoms with van der Waals surface area (Å²) in [5.41, 5.74) is 10.5. The van der Waals surface area contributed by atoms with E-state index >= 15 is 0 Å². The van der Waals surface area contributed by atoms with E-state index in [2.05, 4.69) is 15.9 Å². The Kier molecular flexibility index (Phi) is 2.90. The molecule has 0 saturated carbocycles. The lowest BCUT2D eigenvalue weighted by Crippen LogP contribution is -2.10. The van der Waals surface area contributed by atoms with Crippen LogP contribution in [-0.2, 0) is 12.8 Å². The molecule has 0 fully saturated rings. The van der Waals surface area contributed by atoms with Crippen molar-refractivity contribution in [3.05, 3.63) is 27.9 Å². The Labute approximate surface area is 114 Å². The topological polar surface area (TPSA) is 48.1 Å². The fourth-order valence-electron chi connectivity index (χ4n) is 2.68. The lowest BCUT2D eigenvalue weighted by atomic mass is 9.93. The molecule has 3 nitrogen and oxygen atoms in total. The van der Waals surface area contributed by atoms with Gasteiger partial charge in [-0.25, -0.2) is 0 Å². The Morgan fingerprint density at radius 3 is 2.83 bits per heavy atom. The van der Waals surface area contributed by atoms with Gasteiger partial charge in [-0.3, -0.25) is 4.98 Å². The van der Waals surface area contributed by atoms with Crippen molar-refractivity contribution >= 4 is 32.5 Å². The van der Waals surface area contributed by atoms with Crippen molar-refractivity contribution in [1.82, 2.24) is 4.98 Å². The van der Waals surface area contributed by atoms with Crippen molar-refractivity contribution < 1.29 is 4.74 Å². The Balaban J connectivity index is 2.41. The van der Waals surface area contributed by atoms with Crippen molar-refractivity contribution in [3.63, 3.8) is 0 Å². The Bertz CT molecular complexity index is 625. The molecule has 2 aromatic rings. The van der Waals surface area contributed by atoms with Crippen molar-refractivity contribution in [2.75, 3.05) is 12.8 Å². The first kappa shape index (κ1) is 11.8. The molecule has 0 aliphatic heterocycles. The Morgan fingerprint density at radius 1 is 1.28 bits per heavy atom. The highest BCUT2D eigenvalue weighted by Gasteiger charge is 2.19. The van der Waals surface area contributed by atoms with Gasteiger partial charge >= 0.3 is 0 Å². The molecule has 1 aromatic heterocycles. The largest absolute Gasteiger partial charge is 0.496 e. The first-order chi connectivity index (χ1) is 8.72. The molecule has 0 amide bonds. The van der Waals surface area contributed by atoms with Crippen LogP contribution in [0.3, 0.4) is 0 Å². The Morgan fingerprint density at radius 2 is 2.06 bits per heavy atom. The minimum Gasteiger partial charge on any atom is -0.496 e. The van der Waals surface area contributed by atoms with Gasteiger partial charge in [-0.2, -0.15) is 0 Å². The molecule has 3 rings (SSSR count). The predicted molar refractivity (Wildman–Crippen MR) is 77.0 cm³/mol. The van der Waals surface area contributed by atoms with Gasteiger partial charge in [0.05, 0.1) is 18.0 Å². The zero-order valence-electron chi connectivity index (χ0n) is 10.3. The van der Waals surface area contributed by atoms with Crippen LogP contribution in [0.2, 0.25) is 0 Å². The van der Waals surface area contributed by atoms with Gasteiger partial charge in [-0.1, -0.05) is 0 Å². The minimum atomic E-state index is 0.798. The van der Waals surface area contributed by atoms with Gasteiger partial charge in [-0.15, -0.1) is 0 Å². The fraction of sp³-hybridized carbons (Fsp3) is 0.357. The highest BCUT2D eigenvalue weighted by molar-refractivity contribution is 9.10. The van der Waals surface area contributed by atoms with Crippen molar-refractivity contribution in [3.8, 4) is 5.75 Å². The number of nitrogen functional groups attached to an aromatic ring is 1. The first-order valence-corrected chi connectivity index (χ1v) is 6.95. The molecule has 18 heavy (non-hydrogen) atoms. The predicted octanol–water partition coefficient (Wildman–Crippen LogP) is 3.47. The van der Waals surface area contributed by atoms with E-state index in [1.807, 2.05) is 12.1 Å². The smallest absolute Gasteiger partial charge is 0.130 e. The van der Waals surface area contributed by atoms with Gasteiger partial charge in [-0.05, 0) is 59.3 Å². The summed E-state index contributed by atoms with van der Waals surface area (Å²) in [6.45, 7) is 0. The van der Waals surface area contributed by atoms with E-state index in [9.17, 15) is 0 Å². The van der Waals surface area contributed by atoms with E-state index < -0.39 is 0 Å². The SMILES string of the molecule is COc1ccc(Br)c2nc3c(c(N)c12)CCCC3. The van der Waals surface area contributed by atoms with Gasteiger partial charge in [0.2, 0.25) is 0 Å². The van der Waals surface area contributed by atoms with Gasteiger partial charge in [0.15, 0.2) is 0 Å². The number of methoxy groups -OCH3 is 1. The average molecular weight is 307 g/mol. The molecule has 4 heteroatoms. The first-order valence-electron chi connectivity index (χ1n) is 6.16. The van der Waals surface area contributed by atoms with Gasteiger partial charge in [0, 0.05) is 15.9 Å². The number of anilines is 1. The number of hydrogen-bond acceptors (Lipinski definition) is 3. The van der Waals surface area contributed by atoms with Crippen LogP contribution in [0.1, 0.15) is 24.1 Å². The molecular formula is C14H15BrN2O. The maximum Gasteiger partial charge on any atom is 0.130 e. The second-order valence-corrected chi connectivity index (χ2v) is 5.49. The summed E-state index contributed by atoms with van der Waals surface area (Å²) in [7, 11) is 1.67. The number of fused-ring (bicyclic) bond motifs is 2. The van der Waals surface area contributed by atoms with Crippen molar-refractivity contribution in [1.29, 1.82) is 0 Å². The molecule has 0 spiro atoms. The second-order valence-electron chi connectivity index (χ2n) is 4.63. The summed E-state index contributed by atoms with van der Waals surface area (Å²) < 4.78 is 6.38. The third-order valence-corrected chi connectivity index (χ3v) is 4.23. The van der Waals surface area contributed by atoms with E-state index in [0.717, 1.165) is 45.3 Å². The number of benzene rings is 1. The number of rotatable bonds is 1. The van der Waals surface area contributed by atoms with E-state index in [4.69, 9.17) is 15.5 Å². The van der Waals surface area contributed by atoms with Crippen LogP contribution in [-0.4, -0.2) is 12.1 Å². The number of aryl methyl sites for hydroxylation is 1. The minimum absolute atomic E-state index is 0.798. The zero-order valence-corrected chi connectivity index (χ0v) is 11.9. The standard InChI is InChI=1S/C14H15BrN2O/c1-18-11-7-6-9(15)14-12(11)13(16)8-4-2-3-5-10(8)17-14/h6-7H,2-5H2,1H3,(H2,16,17). The van der Waals surface area contributed by atoms with Crippen LogP contribution in [0.4, 0.5) is 5.69 Å². The number of hydrogen-bond donors (Lipinski definition) is 1. The summed E-state index contributed by atoms with van der Waals surface area (Å²) in [5.74, 6) is 0.798. The van der Waals surface area contributed by atoms with Crippen LogP contribution in [0, 0.1) is 0 Å². The number of aromatic nitrogens is 1. The highest BCUT2D eigenvalue weighted by atomic mass is 79.9. The number of pyridine rings is 1. The van der Waals surface area contributed by atoms with E-state index in [1.54, 1.807) is 7.11 Å². The normalized spacial score (nSPS) is 14.6. The summed E-state index contributed by atoms with van der Waals surface area (Å²) in [6, 6.07) is 3.89. The summed E-state index contributed by atoms with van der Waals surface area (Å²) >= 11 is 3.55. The summed E-state index contributed by atoms with van der Waals surface area (Å²) in [4.78, 5) is 4.78. The lowest BCUT2D eigenvalue weighted by Gasteiger charge is -2.20. The van der Waals surface area contributed by atoms with E-state index in [1.165, 1.54) is 18.4 Å². The molecule has 1 aliphatic rings. The van der Waals surface area contributed by atoms with Gasteiger partial charge in [0.1, 0.15) is 5.75 Å².